The van der Waals surface area contributed by atoms with Gasteiger partial charge in [-0.2, -0.15) is 0 Å². The summed E-state index contributed by atoms with van der Waals surface area (Å²) in [4.78, 5) is 11.7. The summed E-state index contributed by atoms with van der Waals surface area (Å²) in [6.45, 7) is 16.6. The van der Waals surface area contributed by atoms with Gasteiger partial charge in [-0.15, -0.1) is 5.10 Å². The smallest absolute Gasteiger partial charge is 0.135 e. The van der Waals surface area contributed by atoms with E-state index in [1.807, 2.05) is 24.7 Å². The molecule has 1 unspecified atom stereocenters. The quantitative estimate of drug-likeness (QED) is 0.271. The van der Waals surface area contributed by atoms with Crippen molar-refractivity contribution in [2.24, 2.45) is 5.92 Å². The Kier molecular flexibility index (Phi) is 10.6. The Balaban J connectivity index is 2.36. The summed E-state index contributed by atoms with van der Waals surface area (Å²) in [5, 5.41) is 8.36. The van der Waals surface area contributed by atoms with Gasteiger partial charge in [-0.1, -0.05) is 48.6 Å². The van der Waals surface area contributed by atoms with E-state index in [-0.39, 0.29) is 22.9 Å². The van der Waals surface area contributed by atoms with Crippen LogP contribution in [0, 0.1) is 5.92 Å². The topological polar surface area (TPSA) is 66.2 Å². The molecule has 0 spiro atoms. The molecule has 0 saturated carbocycles. The lowest BCUT2D eigenvalue weighted by molar-refractivity contribution is -0.121. The van der Waals surface area contributed by atoms with E-state index in [1.54, 1.807) is 0 Å². The lowest BCUT2D eigenvalue weighted by Crippen LogP contribution is -2.32. The van der Waals surface area contributed by atoms with E-state index < -0.39 is 0 Å². The zero-order valence-corrected chi connectivity index (χ0v) is 20.8. The van der Waals surface area contributed by atoms with Gasteiger partial charge in [0.1, 0.15) is 5.78 Å². The first kappa shape index (κ1) is 25.5. The van der Waals surface area contributed by atoms with Crippen molar-refractivity contribution in [3.8, 4) is 0 Å². The first-order valence-electron chi connectivity index (χ1n) is 10.2. The molecule has 28 heavy (non-hydrogen) atoms. The van der Waals surface area contributed by atoms with Gasteiger partial charge >= 0.3 is 0 Å². The molecule has 0 fully saturated rings. The minimum absolute atomic E-state index is 0.0772. The predicted molar refractivity (Wildman–Crippen MR) is 121 cm³/mol. The number of aryl methyl sites for hydroxylation is 2. The predicted octanol–water partition coefficient (Wildman–Crippen LogP) is 4.63. The number of Topliss-reactive ketones (excluding diaryl/α,β-unsaturated/α-hetero) is 1. The summed E-state index contributed by atoms with van der Waals surface area (Å²) >= 11 is 2.38. The van der Waals surface area contributed by atoms with E-state index >= 15 is 0 Å². The van der Waals surface area contributed by atoms with Crippen molar-refractivity contribution < 1.29 is 14.3 Å². The highest BCUT2D eigenvalue weighted by atomic mass is 127. The second-order valence-electron chi connectivity index (χ2n) is 9.05. The molecule has 0 aromatic carbocycles. The second-order valence-corrected chi connectivity index (χ2v) is 11.2. The average Bonchev–Trinajstić information content (AvgIpc) is 3.04. The molecule has 0 saturated heterocycles. The van der Waals surface area contributed by atoms with Crippen molar-refractivity contribution in [3.05, 3.63) is 11.9 Å². The van der Waals surface area contributed by atoms with Crippen molar-refractivity contribution in [1.29, 1.82) is 0 Å². The summed E-state index contributed by atoms with van der Waals surface area (Å²) in [5.41, 5.74) is 0.451. The molecule has 0 bridgehead atoms. The first-order valence-corrected chi connectivity index (χ1v) is 11.5. The van der Waals surface area contributed by atoms with E-state index in [0.717, 1.165) is 31.7 Å². The number of rotatable bonds is 14. The summed E-state index contributed by atoms with van der Waals surface area (Å²) in [7, 11) is 0. The molecular weight excluding hydrogens is 469 g/mol. The molecule has 0 aliphatic rings. The summed E-state index contributed by atoms with van der Waals surface area (Å²) in [6, 6.07) is 0. The van der Waals surface area contributed by atoms with Crippen LogP contribution in [0.2, 0.25) is 0 Å². The molecule has 0 aliphatic carbocycles. The van der Waals surface area contributed by atoms with Crippen LogP contribution in [-0.4, -0.2) is 49.1 Å². The number of hydrogen-bond acceptors (Lipinski definition) is 5. The Bertz CT molecular complexity index is 597. The van der Waals surface area contributed by atoms with Crippen LogP contribution < -0.4 is 0 Å². The molecule has 1 atom stereocenters. The molecule has 162 valence electrons. The highest BCUT2D eigenvalue weighted by Crippen LogP contribution is 2.21. The molecule has 1 aromatic rings. The van der Waals surface area contributed by atoms with Crippen LogP contribution >= 0.6 is 22.6 Å². The van der Waals surface area contributed by atoms with Gasteiger partial charge in [0.05, 0.1) is 30.1 Å². The van der Waals surface area contributed by atoms with Gasteiger partial charge in [0.2, 0.25) is 0 Å². The second kappa shape index (κ2) is 11.6. The van der Waals surface area contributed by atoms with E-state index in [1.165, 1.54) is 0 Å². The number of carbonyl (C=O) groups is 1. The van der Waals surface area contributed by atoms with E-state index in [0.29, 0.717) is 23.4 Å². The first-order chi connectivity index (χ1) is 12.9. The van der Waals surface area contributed by atoms with Crippen molar-refractivity contribution in [1.82, 2.24) is 15.0 Å². The minimum Gasteiger partial charge on any atom is -0.375 e. The number of carbonyl (C=O) groups excluding carboxylic acids is 1. The molecule has 0 N–H and O–H groups in total. The molecule has 1 rings (SSSR count). The third-order valence-electron chi connectivity index (χ3n) is 4.70. The maximum Gasteiger partial charge on any atom is 0.135 e. The van der Waals surface area contributed by atoms with E-state index in [9.17, 15) is 4.79 Å². The van der Waals surface area contributed by atoms with E-state index in [2.05, 4.69) is 67.5 Å². The highest BCUT2D eigenvalue weighted by Gasteiger charge is 2.23. The maximum atomic E-state index is 11.7. The molecule has 0 radical (unpaired) electrons. The molecule has 6 nitrogen and oxygen atoms in total. The van der Waals surface area contributed by atoms with Gasteiger partial charge < -0.3 is 9.47 Å². The summed E-state index contributed by atoms with van der Waals surface area (Å²) < 4.78 is 14.4. The van der Waals surface area contributed by atoms with Crippen molar-refractivity contribution in [2.45, 2.75) is 95.8 Å². The number of nitrogens with zero attached hydrogens (tertiary/aromatic N) is 3. The molecule has 0 amide bonds. The van der Waals surface area contributed by atoms with E-state index in [4.69, 9.17) is 9.47 Å². The number of hydrogen-bond donors (Lipinski definition) is 0. The van der Waals surface area contributed by atoms with Crippen LogP contribution in [0.3, 0.4) is 0 Å². The fraction of sp³-hybridized carbons (Fsp3) is 0.857. The Morgan fingerprint density at radius 2 is 1.79 bits per heavy atom. The monoisotopic (exact) mass is 507 g/mol. The van der Waals surface area contributed by atoms with Gasteiger partial charge in [0, 0.05) is 35.4 Å². The largest absolute Gasteiger partial charge is 0.375 e. The molecular formula is C21H38IN3O3. The SMILES string of the molecule is CC(I)COC(C)(C)CCOC(C)(C)CCn1cc(CCC(=O)C(C)C)nn1. The molecule has 7 heteroatoms. The number of halogens is 1. The number of alkyl halides is 1. The number of ether oxygens (including phenoxy) is 2. The molecule has 1 heterocycles. The third kappa shape index (κ3) is 10.9. The Morgan fingerprint density at radius 1 is 1.14 bits per heavy atom. The van der Waals surface area contributed by atoms with Crippen LogP contribution in [0.1, 0.15) is 73.4 Å². The lowest BCUT2D eigenvalue weighted by Gasteiger charge is -2.30. The normalized spacial score (nSPS) is 13.9. The summed E-state index contributed by atoms with van der Waals surface area (Å²) in [5.74, 6) is 0.345. The van der Waals surface area contributed by atoms with Crippen LogP contribution in [-0.2, 0) is 27.2 Å². The van der Waals surface area contributed by atoms with Crippen molar-refractivity contribution in [2.75, 3.05) is 13.2 Å². The van der Waals surface area contributed by atoms with Gasteiger partial charge in [0.25, 0.3) is 0 Å². The fourth-order valence-electron chi connectivity index (χ4n) is 2.54. The highest BCUT2D eigenvalue weighted by molar-refractivity contribution is 14.1. The van der Waals surface area contributed by atoms with Crippen LogP contribution in [0.5, 0.6) is 0 Å². The van der Waals surface area contributed by atoms with Crippen LogP contribution in [0.15, 0.2) is 6.20 Å². The Labute approximate surface area is 184 Å². The third-order valence-corrected chi connectivity index (χ3v) is 5.06. The van der Waals surface area contributed by atoms with Crippen molar-refractivity contribution in [3.63, 3.8) is 0 Å². The zero-order chi connectivity index (χ0) is 21.4. The fourth-order valence-corrected chi connectivity index (χ4v) is 2.72. The van der Waals surface area contributed by atoms with Gasteiger partial charge in [-0.25, -0.2) is 0 Å². The average molecular weight is 507 g/mol. The minimum atomic E-state index is -0.244. The van der Waals surface area contributed by atoms with Crippen LogP contribution in [0.4, 0.5) is 0 Å². The molecule has 0 aliphatic heterocycles. The van der Waals surface area contributed by atoms with Gasteiger partial charge in [0.15, 0.2) is 0 Å². The Morgan fingerprint density at radius 3 is 2.39 bits per heavy atom. The number of ketones is 1. The van der Waals surface area contributed by atoms with Crippen molar-refractivity contribution >= 4 is 28.4 Å². The van der Waals surface area contributed by atoms with Gasteiger partial charge in [-0.3, -0.25) is 9.48 Å². The van der Waals surface area contributed by atoms with Crippen LogP contribution in [0.25, 0.3) is 0 Å². The zero-order valence-electron chi connectivity index (χ0n) is 18.6. The van der Waals surface area contributed by atoms with Gasteiger partial charge in [-0.05, 0) is 40.5 Å². The standard InChI is InChI=1S/C21H38IN3O3/c1-16(2)19(26)9-8-18-14-25(24-23-18)12-10-20(4,5)27-13-11-21(6,7)28-15-17(3)22/h14,16-17H,8-13,15H2,1-7H3. The molecule has 1 aromatic heterocycles. The maximum absolute atomic E-state index is 11.7. The Hall–Kier alpha value is -0.540. The summed E-state index contributed by atoms with van der Waals surface area (Å²) in [6.07, 6.45) is 4.82. The number of aromatic nitrogens is 3. The lowest BCUT2D eigenvalue weighted by atomic mass is 10.0.